The molecule has 0 radical (unpaired) electrons. The molecule has 1 aromatic heterocycles. The number of fused-ring (bicyclic) bond motifs is 1. The molecule has 1 heterocycles. The Bertz CT molecular complexity index is 873. The molecule has 3 aromatic rings. The molecule has 0 fully saturated rings. The number of aromatic nitrogens is 1. The van der Waals surface area contributed by atoms with Crippen molar-refractivity contribution in [3.8, 4) is 16.9 Å². The van der Waals surface area contributed by atoms with E-state index >= 15 is 0 Å². The van der Waals surface area contributed by atoms with Gasteiger partial charge in [-0.15, -0.1) is 0 Å². The van der Waals surface area contributed by atoms with Crippen molar-refractivity contribution in [3.63, 3.8) is 0 Å². The first-order chi connectivity index (χ1) is 11.1. The summed E-state index contributed by atoms with van der Waals surface area (Å²) in [5.74, 6) is -0.745. The number of aryl methyl sites for hydroxylation is 1. The van der Waals surface area contributed by atoms with E-state index in [1.54, 1.807) is 6.92 Å². The smallest absolute Gasteiger partial charge is 0.360 e. The predicted octanol–water partition coefficient (Wildman–Crippen LogP) is 4.09. The minimum absolute atomic E-state index is 0.0377. The minimum Gasteiger partial charge on any atom is -0.505 e. The number of nitrogens with zero attached hydrogens (tertiary/aromatic N) is 1. The van der Waals surface area contributed by atoms with Crippen LogP contribution in [0.3, 0.4) is 0 Å². The topological polar surface area (TPSA) is 59.4 Å². The molecular weight excluding hydrogens is 290 g/mol. The Morgan fingerprint density at radius 3 is 2.52 bits per heavy atom. The fraction of sp³-hybridized carbons (Fsp3) is 0.158. The van der Waals surface area contributed by atoms with Crippen LogP contribution in [0.2, 0.25) is 0 Å². The van der Waals surface area contributed by atoms with Gasteiger partial charge < -0.3 is 9.84 Å². The summed E-state index contributed by atoms with van der Waals surface area (Å²) in [6.45, 7) is 3.78. The first-order valence-electron chi connectivity index (χ1n) is 7.47. The first-order valence-corrected chi connectivity index (χ1v) is 7.47. The molecule has 4 nitrogen and oxygen atoms in total. The Morgan fingerprint density at radius 2 is 1.83 bits per heavy atom. The van der Waals surface area contributed by atoms with Gasteiger partial charge in [0, 0.05) is 16.5 Å². The standard InChI is InChI=1S/C19H17NO3/c1-3-23-19(22)17-18(21)15-10-9-14(11-16(15)12(2)20-17)13-7-5-4-6-8-13/h4-11,21H,3H2,1-2H3. The number of benzene rings is 2. The van der Waals surface area contributed by atoms with Crippen molar-refractivity contribution >= 4 is 16.7 Å². The Balaban J connectivity index is 2.17. The second kappa shape index (κ2) is 6.08. The first kappa shape index (κ1) is 15.0. The van der Waals surface area contributed by atoms with Crippen molar-refractivity contribution in [2.24, 2.45) is 0 Å². The summed E-state index contributed by atoms with van der Waals surface area (Å²) in [4.78, 5) is 16.1. The maximum atomic E-state index is 11.9. The van der Waals surface area contributed by atoms with Crippen LogP contribution in [-0.2, 0) is 4.74 Å². The molecule has 0 aliphatic rings. The lowest BCUT2D eigenvalue weighted by molar-refractivity contribution is 0.0516. The number of hydrogen-bond acceptors (Lipinski definition) is 4. The zero-order valence-corrected chi connectivity index (χ0v) is 13.0. The van der Waals surface area contributed by atoms with Crippen molar-refractivity contribution in [2.45, 2.75) is 13.8 Å². The Morgan fingerprint density at radius 1 is 1.09 bits per heavy atom. The van der Waals surface area contributed by atoms with Crippen LogP contribution in [0.25, 0.3) is 21.9 Å². The highest BCUT2D eigenvalue weighted by atomic mass is 16.5. The lowest BCUT2D eigenvalue weighted by Crippen LogP contribution is -2.08. The molecule has 3 rings (SSSR count). The molecule has 116 valence electrons. The number of esters is 1. The lowest BCUT2D eigenvalue weighted by Gasteiger charge is -2.11. The van der Waals surface area contributed by atoms with Gasteiger partial charge in [0.15, 0.2) is 11.4 Å². The van der Waals surface area contributed by atoms with Crippen LogP contribution in [0, 0.1) is 6.92 Å². The summed E-state index contributed by atoms with van der Waals surface area (Å²) in [5, 5.41) is 11.8. The molecule has 0 amide bonds. The van der Waals surface area contributed by atoms with Crippen LogP contribution in [0.15, 0.2) is 48.5 Å². The molecule has 1 N–H and O–H groups in total. The van der Waals surface area contributed by atoms with Gasteiger partial charge in [-0.1, -0.05) is 36.4 Å². The number of carbonyl (C=O) groups excluding carboxylic acids is 1. The highest BCUT2D eigenvalue weighted by molar-refractivity contribution is 6.01. The van der Waals surface area contributed by atoms with E-state index in [1.807, 2.05) is 55.5 Å². The molecule has 0 saturated heterocycles. The molecule has 2 aromatic carbocycles. The molecule has 0 saturated carbocycles. The van der Waals surface area contributed by atoms with Gasteiger partial charge in [0.2, 0.25) is 0 Å². The molecule has 4 heteroatoms. The van der Waals surface area contributed by atoms with E-state index in [0.717, 1.165) is 16.5 Å². The molecule has 0 bridgehead atoms. The SMILES string of the molecule is CCOC(=O)c1nc(C)c2cc(-c3ccccc3)ccc2c1O. The number of pyridine rings is 1. The second-order valence-electron chi connectivity index (χ2n) is 5.24. The van der Waals surface area contributed by atoms with Crippen molar-refractivity contribution in [2.75, 3.05) is 6.61 Å². The van der Waals surface area contributed by atoms with Crippen LogP contribution in [0.1, 0.15) is 23.1 Å². The van der Waals surface area contributed by atoms with E-state index < -0.39 is 5.97 Å². The van der Waals surface area contributed by atoms with Crippen LogP contribution in [0.4, 0.5) is 0 Å². The molecule has 0 atom stereocenters. The van der Waals surface area contributed by atoms with Gasteiger partial charge in [-0.25, -0.2) is 9.78 Å². The van der Waals surface area contributed by atoms with Crippen molar-refractivity contribution in [1.29, 1.82) is 0 Å². The Hall–Kier alpha value is -2.88. The van der Waals surface area contributed by atoms with Gasteiger partial charge in [-0.05, 0) is 37.1 Å². The van der Waals surface area contributed by atoms with Crippen molar-refractivity contribution in [3.05, 3.63) is 59.9 Å². The minimum atomic E-state index is -0.609. The molecule has 0 spiro atoms. The summed E-state index contributed by atoms with van der Waals surface area (Å²) in [6, 6.07) is 15.7. The second-order valence-corrected chi connectivity index (χ2v) is 5.24. The summed E-state index contributed by atoms with van der Waals surface area (Å²) in [6.07, 6.45) is 0. The van der Waals surface area contributed by atoms with Gasteiger partial charge in [0.25, 0.3) is 0 Å². The quantitative estimate of drug-likeness (QED) is 0.740. The van der Waals surface area contributed by atoms with Crippen LogP contribution in [0.5, 0.6) is 5.75 Å². The normalized spacial score (nSPS) is 10.7. The third kappa shape index (κ3) is 2.75. The van der Waals surface area contributed by atoms with E-state index in [-0.39, 0.29) is 18.1 Å². The highest BCUT2D eigenvalue weighted by Crippen LogP contribution is 2.33. The van der Waals surface area contributed by atoms with Crippen LogP contribution < -0.4 is 0 Å². The lowest BCUT2D eigenvalue weighted by atomic mass is 10.00. The van der Waals surface area contributed by atoms with Crippen molar-refractivity contribution < 1.29 is 14.6 Å². The summed E-state index contributed by atoms with van der Waals surface area (Å²) in [5.41, 5.74) is 2.76. The summed E-state index contributed by atoms with van der Waals surface area (Å²) >= 11 is 0. The fourth-order valence-corrected chi connectivity index (χ4v) is 2.61. The van der Waals surface area contributed by atoms with Gasteiger partial charge in [0.05, 0.1) is 6.61 Å². The van der Waals surface area contributed by atoms with Gasteiger partial charge >= 0.3 is 5.97 Å². The largest absolute Gasteiger partial charge is 0.505 e. The Labute approximate surface area is 134 Å². The highest BCUT2D eigenvalue weighted by Gasteiger charge is 2.19. The van der Waals surface area contributed by atoms with Gasteiger partial charge in [-0.3, -0.25) is 0 Å². The third-order valence-electron chi connectivity index (χ3n) is 3.74. The van der Waals surface area contributed by atoms with E-state index in [0.29, 0.717) is 11.1 Å². The van der Waals surface area contributed by atoms with Crippen molar-refractivity contribution in [1.82, 2.24) is 4.98 Å². The number of rotatable bonds is 3. The van der Waals surface area contributed by atoms with E-state index in [9.17, 15) is 9.90 Å². The monoisotopic (exact) mass is 307 g/mol. The number of ether oxygens (including phenoxy) is 1. The Kier molecular flexibility index (Phi) is 3.98. The van der Waals surface area contributed by atoms with Gasteiger partial charge in [-0.2, -0.15) is 0 Å². The molecule has 23 heavy (non-hydrogen) atoms. The van der Waals surface area contributed by atoms with E-state index in [2.05, 4.69) is 4.98 Å². The van der Waals surface area contributed by atoms with E-state index in [1.165, 1.54) is 0 Å². The molecule has 0 aliphatic heterocycles. The zero-order chi connectivity index (χ0) is 16.4. The van der Waals surface area contributed by atoms with Crippen LogP contribution in [-0.4, -0.2) is 22.7 Å². The predicted molar refractivity (Wildman–Crippen MR) is 89.5 cm³/mol. The maximum absolute atomic E-state index is 11.9. The summed E-state index contributed by atoms with van der Waals surface area (Å²) in [7, 11) is 0. The summed E-state index contributed by atoms with van der Waals surface area (Å²) < 4.78 is 4.94. The molecule has 0 aliphatic carbocycles. The van der Waals surface area contributed by atoms with Crippen LogP contribution >= 0.6 is 0 Å². The number of aromatic hydroxyl groups is 1. The zero-order valence-electron chi connectivity index (χ0n) is 13.0. The fourth-order valence-electron chi connectivity index (χ4n) is 2.61. The van der Waals surface area contributed by atoms with Gasteiger partial charge in [0.1, 0.15) is 0 Å². The molecular formula is C19H17NO3. The average Bonchev–Trinajstić information content (AvgIpc) is 2.58. The van der Waals surface area contributed by atoms with E-state index in [4.69, 9.17) is 4.74 Å². The average molecular weight is 307 g/mol. The number of hydrogen-bond donors (Lipinski definition) is 1. The molecule has 0 unspecified atom stereocenters. The maximum Gasteiger partial charge on any atom is 0.360 e. The third-order valence-corrected chi connectivity index (χ3v) is 3.74. The number of carbonyl (C=O) groups is 1.